The van der Waals surface area contributed by atoms with Gasteiger partial charge < -0.3 is 5.32 Å². The molecule has 2 aromatic rings. The van der Waals surface area contributed by atoms with Gasteiger partial charge in [-0.1, -0.05) is 43.7 Å². The van der Waals surface area contributed by atoms with E-state index in [0.717, 1.165) is 11.1 Å². The van der Waals surface area contributed by atoms with E-state index >= 15 is 0 Å². The van der Waals surface area contributed by atoms with Crippen LogP contribution in [0.25, 0.3) is 0 Å². The molecule has 0 saturated heterocycles. The SMILES string of the molecule is Cc1ccc(C=NNC(=O)C(NC(=O)c2ccc(F)cc2)C(C)C)cc1. The molecule has 0 radical (unpaired) electrons. The maximum Gasteiger partial charge on any atom is 0.262 e. The first kappa shape index (κ1) is 19.3. The van der Waals surface area contributed by atoms with Crippen LogP contribution in [0.1, 0.15) is 35.3 Å². The lowest BCUT2D eigenvalue weighted by Gasteiger charge is -2.20. The van der Waals surface area contributed by atoms with Crippen molar-refractivity contribution in [3.05, 3.63) is 71.0 Å². The second kappa shape index (κ2) is 8.89. The quantitative estimate of drug-likeness (QED) is 0.618. The van der Waals surface area contributed by atoms with E-state index in [1.54, 1.807) is 0 Å². The number of hydrazone groups is 1. The van der Waals surface area contributed by atoms with Gasteiger partial charge in [0.2, 0.25) is 0 Å². The number of hydrogen-bond acceptors (Lipinski definition) is 3. The average molecular weight is 355 g/mol. The van der Waals surface area contributed by atoms with Gasteiger partial charge in [0.05, 0.1) is 6.21 Å². The molecule has 5 nitrogen and oxygen atoms in total. The van der Waals surface area contributed by atoms with Gasteiger partial charge in [0.25, 0.3) is 11.8 Å². The third-order valence-electron chi connectivity index (χ3n) is 3.81. The summed E-state index contributed by atoms with van der Waals surface area (Å²) in [6.45, 7) is 5.62. The number of carbonyl (C=O) groups excluding carboxylic acids is 2. The number of halogens is 1. The molecule has 1 atom stereocenters. The maximum atomic E-state index is 13.0. The molecule has 0 aliphatic carbocycles. The number of amides is 2. The Labute approximate surface area is 152 Å². The molecule has 0 fully saturated rings. The molecule has 1 unspecified atom stereocenters. The fourth-order valence-electron chi connectivity index (χ4n) is 2.25. The first-order valence-corrected chi connectivity index (χ1v) is 8.33. The molecule has 0 spiro atoms. The summed E-state index contributed by atoms with van der Waals surface area (Å²) in [5.41, 5.74) is 4.72. The van der Waals surface area contributed by atoms with E-state index in [-0.39, 0.29) is 11.5 Å². The largest absolute Gasteiger partial charge is 0.340 e. The predicted molar refractivity (Wildman–Crippen MR) is 99.4 cm³/mol. The molecule has 2 N–H and O–H groups in total. The van der Waals surface area contributed by atoms with Gasteiger partial charge in [-0.3, -0.25) is 9.59 Å². The van der Waals surface area contributed by atoms with Crippen LogP contribution in [-0.4, -0.2) is 24.1 Å². The van der Waals surface area contributed by atoms with Gasteiger partial charge in [0, 0.05) is 5.56 Å². The molecular formula is C20H22FN3O2. The molecule has 0 aliphatic heterocycles. The van der Waals surface area contributed by atoms with Crippen LogP contribution in [0.4, 0.5) is 4.39 Å². The van der Waals surface area contributed by atoms with Gasteiger partial charge in [-0.25, -0.2) is 9.82 Å². The standard InChI is InChI=1S/C20H22FN3O2/c1-13(2)18(23-19(25)16-8-10-17(21)11-9-16)20(26)24-22-12-15-6-4-14(3)5-7-15/h4-13,18H,1-3H3,(H,23,25)(H,24,26). The minimum absolute atomic E-state index is 0.144. The highest BCUT2D eigenvalue weighted by molar-refractivity contribution is 5.97. The van der Waals surface area contributed by atoms with Crippen LogP contribution < -0.4 is 10.7 Å². The zero-order valence-electron chi connectivity index (χ0n) is 15.0. The maximum absolute atomic E-state index is 13.0. The Bertz CT molecular complexity index is 784. The lowest BCUT2D eigenvalue weighted by atomic mass is 10.0. The van der Waals surface area contributed by atoms with E-state index in [0.29, 0.717) is 0 Å². The minimum atomic E-state index is -0.761. The molecule has 2 amide bonds. The van der Waals surface area contributed by atoms with E-state index in [9.17, 15) is 14.0 Å². The van der Waals surface area contributed by atoms with Gasteiger partial charge in [-0.15, -0.1) is 0 Å². The third-order valence-corrected chi connectivity index (χ3v) is 3.81. The van der Waals surface area contributed by atoms with Gasteiger partial charge in [0.15, 0.2) is 0 Å². The Hall–Kier alpha value is -3.02. The van der Waals surface area contributed by atoms with Crippen molar-refractivity contribution in [1.29, 1.82) is 0 Å². The van der Waals surface area contributed by atoms with Gasteiger partial charge in [0.1, 0.15) is 11.9 Å². The first-order chi connectivity index (χ1) is 12.4. The van der Waals surface area contributed by atoms with Crippen LogP contribution in [0.2, 0.25) is 0 Å². The lowest BCUT2D eigenvalue weighted by Crippen LogP contribution is -2.48. The van der Waals surface area contributed by atoms with Crippen molar-refractivity contribution in [1.82, 2.24) is 10.7 Å². The number of carbonyl (C=O) groups is 2. The molecule has 0 bridgehead atoms. The number of benzene rings is 2. The van der Waals surface area contributed by atoms with E-state index in [1.165, 1.54) is 30.5 Å². The highest BCUT2D eigenvalue weighted by Crippen LogP contribution is 2.07. The van der Waals surface area contributed by atoms with E-state index in [2.05, 4.69) is 15.8 Å². The summed E-state index contributed by atoms with van der Waals surface area (Å²) in [7, 11) is 0. The highest BCUT2D eigenvalue weighted by Gasteiger charge is 2.24. The fourth-order valence-corrected chi connectivity index (χ4v) is 2.25. The Morgan fingerprint density at radius 3 is 2.23 bits per heavy atom. The van der Waals surface area contributed by atoms with Crippen molar-refractivity contribution in [2.24, 2.45) is 11.0 Å². The average Bonchev–Trinajstić information content (AvgIpc) is 2.61. The van der Waals surface area contributed by atoms with Gasteiger partial charge in [-0.2, -0.15) is 5.10 Å². The van der Waals surface area contributed by atoms with Crippen molar-refractivity contribution >= 4 is 18.0 Å². The number of rotatable bonds is 6. The third kappa shape index (κ3) is 5.51. The first-order valence-electron chi connectivity index (χ1n) is 8.33. The topological polar surface area (TPSA) is 70.6 Å². The summed E-state index contributed by atoms with van der Waals surface area (Å²) in [6, 6.07) is 12.1. The van der Waals surface area contributed by atoms with Crippen LogP contribution >= 0.6 is 0 Å². The zero-order chi connectivity index (χ0) is 19.1. The Morgan fingerprint density at radius 1 is 1.04 bits per heavy atom. The lowest BCUT2D eigenvalue weighted by molar-refractivity contribution is -0.123. The summed E-state index contributed by atoms with van der Waals surface area (Å²) >= 11 is 0. The fraction of sp³-hybridized carbons (Fsp3) is 0.250. The minimum Gasteiger partial charge on any atom is -0.340 e. The zero-order valence-corrected chi connectivity index (χ0v) is 15.0. The molecule has 136 valence electrons. The molecule has 2 rings (SSSR count). The van der Waals surface area contributed by atoms with E-state index in [4.69, 9.17) is 0 Å². The van der Waals surface area contributed by atoms with Crippen LogP contribution in [-0.2, 0) is 4.79 Å². The summed E-state index contributed by atoms with van der Waals surface area (Å²) < 4.78 is 13.0. The van der Waals surface area contributed by atoms with E-state index in [1.807, 2.05) is 45.0 Å². The van der Waals surface area contributed by atoms with Crippen molar-refractivity contribution in [2.75, 3.05) is 0 Å². The van der Waals surface area contributed by atoms with Crippen LogP contribution in [0, 0.1) is 18.7 Å². The summed E-state index contributed by atoms with van der Waals surface area (Å²) in [6.07, 6.45) is 1.54. The normalized spacial score (nSPS) is 12.2. The van der Waals surface area contributed by atoms with Crippen molar-refractivity contribution in [3.63, 3.8) is 0 Å². The van der Waals surface area contributed by atoms with E-state index < -0.39 is 23.7 Å². The molecule has 0 saturated carbocycles. The van der Waals surface area contributed by atoms with Crippen LogP contribution in [0.15, 0.2) is 53.6 Å². The summed E-state index contributed by atoms with van der Waals surface area (Å²) in [5.74, 6) is -1.43. The number of nitrogens with zero attached hydrogens (tertiary/aromatic N) is 1. The second-order valence-corrected chi connectivity index (χ2v) is 6.35. The molecule has 6 heteroatoms. The van der Waals surface area contributed by atoms with Gasteiger partial charge >= 0.3 is 0 Å². The summed E-state index contributed by atoms with van der Waals surface area (Å²) in [5, 5.41) is 6.60. The smallest absolute Gasteiger partial charge is 0.262 e. The molecule has 0 heterocycles. The van der Waals surface area contributed by atoms with Gasteiger partial charge in [-0.05, 0) is 42.7 Å². The predicted octanol–water partition coefficient (Wildman–Crippen LogP) is 3.04. The number of aryl methyl sites for hydroxylation is 1. The number of hydrogen-bond donors (Lipinski definition) is 2. The summed E-state index contributed by atoms with van der Waals surface area (Å²) in [4.78, 5) is 24.6. The van der Waals surface area contributed by atoms with Crippen molar-refractivity contribution < 1.29 is 14.0 Å². The molecule has 0 aromatic heterocycles. The second-order valence-electron chi connectivity index (χ2n) is 6.35. The Kier molecular flexibility index (Phi) is 6.60. The van der Waals surface area contributed by atoms with Crippen LogP contribution in [0.3, 0.4) is 0 Å². The van der Waals surface area contributed by atoms with Crippen molar-refractivity contribution in [3.8, 4) is 0 Å². The van der Waals surface area contributed by atoms with Crippen LogP contribution in [0.5, 0.6) is 0 Å². The molecule has 26 heavy (non-hydrogen) atoms. The monoisotopic (exact) mass is 355 g/mol. The molecule has 0 aliphatic rings. The molecular weight excluding hydrogens is 333 g/mol. The highest BCUT2D eigenvalue weighted by atomic mass is 19.1. The Morgan fingerprint density at radius 2 is 1.65 bits per heavy atom. The Balaban J connectivity index is 1.99. The van der Waals surface area contributed by atoms with Crippen molar-refractivity contribution in [2.45, 2.75) is 26.8 Å². The molecule has 2 aromatic carbocycles. The number of nitrogens with one attached hydrogen (secondary N) is 2.